The third-order valence-electron chi connectivity index (χ3n) is 5.60. The van der Waals surface area contributed by atoms with E-state index in [1.807, 2.05) is 43.5 Å². The normalized spacial score (nSPS) is 19.7. The minimum atomic E-state index is -3.69. The lowest BCUT2D eigenvalue weighted by Gasteiger charge is -2.34. The van der Waals surface area contributed by atoms with Gasteiger partial charge in [0, 0.05) is 25.2 Å². The van der Waals surface area contributed by atoms with Crippen LogP contribution >= 0.6 is 11.3 Å². The van der Waals surface area contributed by atoms with Gasteiger partial charge in [-0.05, 0) is 57.2 Å². The van der Waals surface area contributed by atoms with Crippen molar-refractivity contribution in [2.24, 2.45) is 4.99 Å². The fourth-order valence-corrected chi connectivity index (χ4v) is 6.80. The number of carbonyl (C=O) groups excluding carboxylic acids is 1. The molecule has 0 aliphatic carbocycles. The maximum atomic E-state index is 13.1. The Morgan fingerprint density at radius 2 is 1.89 bits per heavy atom. The molecule has 0 saturated carbocycles. The molecular formula is C25H29N3O5S2. The summed E-state index contributed by atoms with van der Waals surface area (Å²) in [6.07, 6.45) is 1.38. The van der Waals surface area contributed by atoms with Crippen LogP contribution in [-0.2, 0) is 21.3 Å². The summed E-state index contributed by atoms with van der Waals surface area (Å²) in [6, 6.07) is 11.7. The fraction of sp³-hybridized carbons (Fsp3) is 0.360. The topological polar surface area (TPSA) is 90.2 Å². The van der Waals surface area contributed by atoms with Crippen LogP contribution < -0.4 is 9.54 Å². The molecule has 1 aliphatic heterocycles. The first-order chi connectivity index (χ1) is 16.7. The molecule has 3 aromatic rings. The van der Waals surface area contributed by atoms with E-state index in [4.69, 9.17) is 9.47 Å². The van der Waals surface area contributed by atoms with Gasteiger partial charge in [-0.25, -0.2) is 8.42 Å². The predicted octanol–water partition coefficient (Wildman–Crippen LogP) is 3.83. The molecule has 186 valence electrons. The summed E-state index contributed by atoms with van der Waals surface area (Å²) in [5.41, 5.74) is 1.17. The second-order valence-corrected chi connectivity index (χ2v) is 11.3. The first-order valence-corrected chi connectivity index (χ1v) is 13.7. The molecule has 2 atom stereocenters. The van der Waals surface area contributed by atoms with Gasteiger partial charge in [-0.3, -0.25) is 4.79 Å². The molecule has 0 radical (unpaired) electrons. The fourth-order valence-electron chi connectivity index (χ4n) is 4.15. The van der Waals surface area contributed by atoms with Crippen LogP contribution in [0.5, 0.6) is 5.75 Å². The molecule has 0 N–H and O–H groups in total. The molecule has 0 unspecified atom stereocenters. The summed E-state index contributed by atoms with van der Waals surface area (Å²) in [5.74, 6) is 0.267. The zero-order chi connectivity index (χ0) is 25.2. The smallest absolute Gasteiger partial charge is 0.279 e. The molecule has 0 spiro atoms. The average Bonchev–Trinajstić information content (AvgIpc) is 3.17. The molecule has 35 heavy (non-hydrogen) atoms. The Hall–Kier alpha value is -2.79. The number of hydrogen-bond donors (Lipinski definition) is 0. The molecule has 2 heterocycles. The summed E-state index contributed by atoms with van der Waals surface area (Å²) < 4.78 is 41.9. The van der Waals surface area contributed by atoms with Crippen LogP contribution in [0.2, 0.25) is 0 Å². The van der Waals surface area contributed by atoms with E-state index in [1.54, 1.807) is 6.08 Å². The maximum absolute atomic E-state index is 13.1. The van der Waals surface area contributed by atoms with Gasteiger partial charge in [-0.1, -0.05) is 23.5 Å². The first kappa shape index (κ1) is 25.3. The Morgan fingerprint density at radius 1 is 1.20 bits per heavy atom. The second kappa shape index (κ2) is 10.4. The highest BCUT2D eigenvalue weighted by atomic mass is 32.2. The number of hydrogen-bond acceptors (Lipinski definition) is 6. The van der Waals surface area contributed by atoms with Crippen molar-refractivity contribution in [2.75, 3.05) is 19.7 Å². The molecule has 0 bridgehead atoms. The van der Waals surface area contributed by atoms with Crippen molar-refractivity contribution < 1.29 is 22.7 Å². The highest BCUT2D eigenvalue weighted by Gasteiger charge is 2.32. The molecule has 2 aromatic carbocycles. The summed E-state index contributed by atoms with van der Waals surface area (Å²) in [4.78, 5) is 18.0. The molecule has 8 nitrogen and oxygen atoms in total. The third-order valence-corrected chi connectivity index (χ3v) is 8.49. The number of sulfonamides is 1. The van der Waals surface area contributed by atoms with Gasteiger partial charge < -0.3 is 14.0 Å². The number of fused-ring (bicyclic) bond motifs is 1. The Morgan fingerprint density at radius 3 is 2.51 bits per heavy atom. The SMILES string of the molecule is C=CCn1c(=NC(=O)c2ccc(S(=O)(=O)N3C[C@@H](C)O[C@H](C)C3)cc2)sc2cccc(OCC)c21. The highest BCUT2D eigenvalue weighted by molar-refractivity contribution is 7.89. The molecule has 1 aromatic heterocycles. The van der Waals surface area contributed by atoms with Crippen molar-refractivity contribution in [2.45, 2.75) is 44.4 Å². The molecule has 1 aliphatic rings. The number of ether oxygens (including phenoxy) is 2. The van der Waals surface area contributed by atoms with Gasteiger partial charge in [0.1, 0.15) is 11.3 Å². The van der Waals surface area contributed by atoms with Gasteiger partial charge in [-0.2, -0.15) is 9.30 Å². The second-order valence-electron chi connectivity index (χ2n) is 8.34. The standard InChI is InChI=1S/C25H29N3O5S2/c1-5-14-28-23-21(32-6-2)8-7-9-22(23)34-25(28)26-24(29)19-10-12-20(13-11-19)35(30,31)27-15-17(3)33-18(4)16-27/h5,7-13,17-18H,1,6,14-16H2,2-4H3/t17-,18-/m1/s1. The van der Waals surface area contributed by atoms with E-state index in [0.29, 0.717) is 36.6 Å². The number of allylic oxidation sites excluding steroid dienone is 1. The van der Waals surface area contributed by atoms with Crippen LogP contribution in [-0.4, -0.2) is 55.1 Å². The van der Waals surface area contributed by atoms with Gasteiger partial charge in [-0.15, -0.1) is 6.58 Å². The van der Waals surface area contributed by atoms with Crippen molar-refractivity contribution in [3.8, 4) is 5.75 Å². The van der Waals surface area contributed by atoms with Crippen molar-refractivity contribution in [1.29, 1.82) is 0 Å². The molecular weight excluding hydrogens is 486 g/mol. The number of aromatic nitrogens is 1. The number of carbonyl (C=O) groups is 1. The quantitative estimate of drug-likeness (QED) is 0.446. The van der Waals surface area contributed by atoms with Crippen LogP contribution in [0, 0.1) is 0 Å². The largest absolute Gasteiger partial charge is 0.492 e. The van der Waals surface area contributed by atoms with E-state index >= 15 is 0 Å². The van der Waals surface area contributed by atoms with Gasteiger partial charge in [0.2, 0.25) is 10.0 Å². The Balaban J connectivity index is 1.66. The Labute approximate surface area is 209 Å². The lowest BCUT2D eigenvalue weighted by molar-refractivity contribution is -0.0440. The molecule has 1 amide bonds. The van der Waals surface area contributed by atoms with Gasteiger partial charge >= 0.3 is 0 Å². The van der Waals surface area contributed by atoms with E-state index < -0.39 is 15.9 Å². The van der Waals surface area contributed by atoms with Gasteiger partial charge in [0.25, 0.3) is 5.91 Å². The lowest BCUT2D eigenvalue weighted by Crippen LogP contribution is -2.48. The van der Waals surface area contributed by atoms with Gasteiger partial charge in [0.05, 0.1) is 28.4 Å². The number of amides is 1. The van der Waals surface area contributed by atoms with Crippen LogP contribution in [0.25, 0.3) is 10.2 Å². The maximum Gasteiger partial charge on any atom is 0.279 e. The summed E-state index contributed by atoms with van der Waals surface area (Å²) in [7, 11) is -3.69. The Kier molecular flexibility index (Phi) is 7.56. The van der Waals surface area contributed by atoms with Crippen molar-refractivity contribution >= 4 is 37.5 Å². The van der Waals surface area contributed by atoms with Gasteiger partial charge in [0.15, 0.2) is 4.80 Å². The predicted molar refractivity (Wildman–Crippen MR) is 136 cm³/mol. The monoisotopic (exact) mass is 515 g/mol. The summed E-state index contributed by atoms with van der Waals surface area (Å²) in [5, 5.41) is 0. The van der Waals surface area contributed by atoms with Crippen LogP contribution in [0.1, 0.15) is 31.1 Å². The summed E-state index contributed by atoms with van der Waals surface area (Å²) >= 11 is 1.39. The highest BCUT2D eigenvalue weighted by Crippen LogP contribution is 2.28. The lowest BCUT2D eigenvalue weighted by atomic mass is 10.2. The Bertz CT molecular complexity index is 1400. The minimum absolute atomic E-state index is 0.139. The number of benzene rings is 2. The zero-order valence-corrected chi connectivity index (χ0v) is 21.6. The minimum Gasteiger partial charge on any atom is -0.492 e. The molecule has 1 saturated heterocycles. The first-order valence-electron chi connectivity index (χ1n) is 11.4. The van der Waals surface area contributed by atoms with Crippen LogP contribution in [0.3, 0.4) is 0 Å². The number of rotatable bonds is 7. The number of para-hydroxylation sites is 1. The number of nitrogens with zero attached hydrogens (tertiary/aromatic N) is 3. The zero-order valence-electron chi connectivity index (χ0n) is 20.0. The number of morpholine rings is 1. The molecule has 10 heteroatoms. The molecule has 1 fully saturated rings. The number of thiazole rings is 1. The molecule has 4 rings (SSSR count). The average molecular weight is 516 g/mol. The van der Waals surface area contributed by atoms with E-state index in [-0.39, 0.29) is 17.1 Å². The van der Waals surface area contributed by atoms with Crippen molar-refractivity contribution in [3.63, 3.8) is 0 Å². The summed E-state index contributed by atoms with van der Waals surface area (Å²) in [6.45, 7) is 11.0. The van der Waals surface area contributed by atoms with Crippen molar-refractivity contribution in [3.05, 3.63) is 65.5 Å². The van der Waals surface area contributed by atoms with E-state index in [0.717, 1.165) is 16.0 Å². The van der Waals surface area contributed by atoms with Crippen LogP contribution in [0.4, 0.5) is 0 Å². The third kappa shape index (κ3) is 5.25. The van der Waals surface area contributed by atoms with E-state index in [2.05, 4.69) is 11.6 Å². The van der Waals surface area contributed by atoms with Crippen molar-refractivity contribution in [1.82, 2.24) is 8.87 Å². The van der Waals surface area contributed by atoms with Crippen LogP contribution in [0.15, 0.2) is 65.0 Å². The van der Waals surface area contributed by atoms with E-state index in [1.165, 1.54) is 39.9 Å². The van der Waals surface area contributed by atoms with E-state index in [9.17, 15) is 13.2 Å².